The van der Waals surface area contributed by atoms with Gasteiger partial charge >= 0.3 is 17.9 Å². The highest BCUT2D eigenvalue weighted by Crippen LogP contribution is 2.19. The van der Waals surface area contributed by atoms with E-state index >= 15 is 0 Å². The van der Waals surface area contributed by atoms with Gasteiger partial charge in [0.25, 0.3) is 0 Å². The minimum atomic E-state index is -1.00. The Bertz CT molecular complexity index is 955. The first-order valence-electron chi connectivity index (χ1n) is 11.1. The van der Waals surface area contributed by atoms with E-state index < -0.39 is 35.6 Å². The summed E-state index contributed by atoms with van der Waals surface area (Å²) in [4.78, 5) is 39.7. The quantitative estimate of drug-likeness (QED) is 0.191. The van der Waals surface area contributed by atoms with E-state index in [2.05, 4.69) is 28.4 Å². The molecule has 2 aromatic rings. The molecule has 196 valence electrons. The number of carboxylic acids is 3. The first-order chi connectivity index (χ1) is 16.4. The van der Waals surface area contributed by atoms with Crippen molar-refractivity contribution in [3.63, 3.8) is 0 Å². The van der Waals surface area contributed by atoms with Crippen LogP contribution in [0.15, 0.2) is 30.5 Å². The van der Waals surface area contributed by atoms with Crippen LogP contribution in [-0.2, 0) is 25.6 Å². The van der Waals surface area contributed by atoms with Crippen molar-refractivity contribution >= 4 is 41.4 Å². The monoisotopic (exact) mass is 512 g/mol. The molecule has 8 N–H and O–H groups in total. The van der Waals surface area contributed by atoms with Crippen LogP contribution in [0.25, 0.3) is 10.9 Å². The van der Waals surface area contributed by atoms with E-state index in [9.17, 15) is 19.5 Å². The highest BCUT2D eigenvalue weighted by atomic mass is 32.1. The third-order valence-electron chi connectivity index (χ3n) is 4.78. The second-order valence-electron chi connectivity index (χ2n) is 8.90. The van der Waals surface area contributed by atoms with Gasteiger partial charge in [-0.2, -0.15) is 18.1 Å². The minimum absolute atomic E-state index is 0.190. The van der Waals surface area contributed by atoms with Crippen LogP contribution in [0.2, 0.25) is 0 Å². The first kappa shape index (κ1) is 30.4. The van der Waals surface area contributed by atoms with Crippen LogP contribution in [0.4, 0.5) is 0 Å². The second-order valence-corrected chi connectivity index (χ2v) is 9.27. The molecule has 1 aromatic carbocycles. The molecule has 0 amide bonds. The van der Waals surface area contributed by atoms with Crippen LogP contribution >= 0.6 is 12.6 Å². The molecule has 1 fully saturated rings. The van der Waals surface area contributed by atoms with Gasteiger partial charge in [-0.05, 0) is 51.8 Å². The summed E-state index contributed by atoms with van der Waals surface area (Å²) in [6.45, 7) is 6.46. The highest BCUT2D eigenvalue weighted by molar-refractivity contribution is 7.80. The number of fused-ring (bicyclic) bond motifs is 1. The Morgan fingerprint density at radius 3 is 2.29 bits per heavy atom. The first-order valence-corrected chi connectivity index (χ1v) is 11.8. The van der Waals surface area contributed by atoms with Crippen LogP contribution in [0.5, 0.6) is 0 Å². The molecule has 3 rings (SSSR count). The summed E-state index contributed by atoms with van der Waals surface area (Å²) in [5.41, 5.74) is 9.11. The van der Waals surface area contributed by atoms with Crippen molar-refractivity contribution in [2.45, 2.75) is 63.8 Å². The largest absolute Gasteiger partial charge is 0.480 e. The summed E-state index contributed by atoms with van der Waals surface area (Å²) in [6.07, 6.45) is 3.99. The number of nitrogens with one attached hydrogen (secondary N) is 3. The number of aromatic amines is 1. The fourth-order valence-corrected chi connectivity index (χ4v) is 3.08. The van der Waals surface area contributed by atoms with E-state index in [0.29, 0.717) is 6.42 Å². The van der Waals surface area contributed by atoms with E-state index in [1.807, 2.05) is 51.2 Å². The Kier molecular flexibility index (Phi) is 12.8. The summed E-state index contributed by atoms with van der Waals surface area (Å²) < 4.78 is 0. The van der Waals surface area contributed by atoms with Gasteiger partial charge < -0.3 is 31.4 Å². The van der Waals surface area contributed by atoms with Crippen molar-refractivity contribution in [3.8, 4) is 0 Å². The van der Waals surface area contributed by atoms with E-state index in [0.717, 1.165) is 35.9 Å². The molecule has 0 spiro atoms. The molecule has 1 aliphatic heterocycles. The molecule has 35 heavy (non-hydrogen) atoms. The molecule has 1 aromatic heterocycles. The summed E-state index contributed by atoms with van der Waals surface area (Å²) in [5, 5.41) is 29.5. The number of nitrogens with two attached hydrogens (primary N) is 1. The molecule has 11 nitrogen and oxygen atoms in total. The standard InChI is InChI=1S/C15H20N2O3.C5H9NO2.C3H7NO2S/c1-15(2,3)20-17-13(14(18)19)8-10-9-16-12-7-5-4-6-11(10)12;7-5(8)4-2-1-3-6-4;4-2(1-7)3(5)6/h4-7,9,13,16-17H,8H2,1-3H3,(H,18,19);4,6H,1-3H2,(H,7,8);2,7H,1,4H2,(H,5,6)/t;4-;/m.0./s1. The van der Waals surface area contributed by atoms with Crippen molar-refractivity contribution in [3.05, 3.63) is 36.0 Å². The van der Waals surface area contributed by atoms with Crippen LogP contribution in [-0.4, -0.2) is 74.2 Å². The number of carboxylic acid groups (broad SMARTS) is 3. The summed E-state index contributed by atoms with van der Waals surface area (Å²) in [6, 6.07) is 5.96. The molecule has 2 heterocycles. The van der Waals surface area contributed by atoms with Gasteiger partial charge in [0.05, 0.1) is 5.60 Å². The number of aliphatic carboxylic acids is 3. The molecule has 1 saturated heterocycles. The van der Waals surface area contributed by atoms with Crippen LogP contribution in [0.1, 0.15) is 39.2 Å². The molecule has 0 bridgehead atoms. The third-order valence-corrected chi connectivity index (χ3v) is 5.17. The number of rotatable bonds is 8. The minimum Gasteiger partial charge on any atom is -0.480 e. The van der Waals surface area contributed by atoms with Crippen molar-refractivity contribution < 1.29 is 34.5 Å². The molecule has 3 atom stereocenters. The number of thiol groups is 1. The number of H-pyrrole nitrogens is 1. The van der Waals surface area contributed by atoms with E-state index in [1.54, 1.807) is 0 Å². The average Bonchev–Trinajstić information content (AvgIpc) is 3.46. The molecule has 0 saturated carbocycles. The van der Waals surface area contributed by atoms with E-state index in [-0.39, 0.29) is 11.8 Å². The Balaban J connectivity index is 0.000000334. The molecule has 12 heteroatoms. The molecular formula is C23H36N4O7S. The lowest BCUT2D eigenvalue weighted by Gasteiger charge is -2.23. The van der Waals surface area contributed by atoms with E-state index in [4.69, 9.17) is 20.8 Å². The van der Waals surface area contributed by atoms with Crippen LogP contribution < -0.4 is 16.5 Å². The zero-order valence-corrected chi connectivity index (χ0v) is 21.0. The van der Waals surface area contributed by atoms with Gasteiger partial charge in [0.1, 0.15) is 18.1 Å². The number of benzene rings is 1. The second kappa shape index (κ2) is 14.7. The van der Waals surface area contributed by atoms with Gasteiger partial charge in [0.15, 0.2) is 0 Å². The maximum Gasteiger partial charge on any atom is 0.323 e. The lowest BCUT2D eigenvalue weighted by Crippen LogP contribution is -2.42. The van der Waals surface area contributed by atoms with Gasteiger partial charge in [-0.1, -0.05) is 18.2 Å². The number of hydroxylamine groups is 1. The summed E-state index contributed by atoms with van der Waals surface area (Å²) >= 11 is 3.65. The van der Waals surface area contributed by atoms with Crippen molar-refractivity contribution in [2.24, 2.45) is 5.73 Å². The number of para-hydroxylation sites is 1. The smallest absolute Gasteiger partial charge is 0.323 e. The van der Waals surface area contributed by atoms with Gasteiger partial charge in [-0.3, -0.25) is 19.2 Å². The highest BCUT2D eigenvalue weighted by Gasteiger charge is 2.22. The fourth-order valence-electron chi connectivity index (χ4n) is 2.92. The molecule has 2 unspecified atom stereocenters. The lowest BCUT2D eigenvalue weighted by molar-refractivity contribution is -0.150. The van der Waals surface area contributed by atoms with Crippen molar-refractivity contribution in [1.82, 2.24) is 15.8 Å². The molecule has 1 aliphatic rings. The Hall–Kier alpha value is -2.64. The van der Waals surface area contributed by atoms with Crippen LogP contribution in [0.3, 0.4) is 0 Å². The van der Waals surface area contributed by atoms with Crippen molar-refractivity contribution in [2.75, 3.05) is 12.3 Å². The average molecular weight is 513 g/mol. The maximum absolute atomic E-state index is 11.3. The SMILES string of the molecule is CC(C)(C)ONC(Cc1c[nH]c2ccccc12)C(=O)O.NC(CS)C(=O)O.O=C(O)[C@@H]1CCCN1. The zero-order chi connectivity index (χ0) is 26.6. The van der Waals surface area contributed by atoms with Crippen LogP contribution in [0, 0.1) is 0 Å². The maximum atomic E-state index is 11.3. The predicted molar refractivity (Wildman–Crippen MR) is 136 cm³/mol. The molecule has 0 radical (unpaired) electrons. The fraction of sp³-hybridized carbons (Fsp3) is 0.522. The molecular weight excluding hydrogens is 476 g/mol. The summed E-state index contributed by atoms with van der Waals surface area (Å²) in [5.74, 6) is -2.47. The Labute approximate surface area is 209 Å². The number of hydrogen-bond donors (Lipinski definition) is 8. The van der Waals surface area contributed by atoms with Gasteiger partial charge in [-0.15, -0.1) is 0 Å². The number of hydrogen-bond acceptors (Lipinski definition) is 8. The Morgan fingerprint density at radius 1 is 1.20 bits per heavy atom. The van der Waals surface area contributed by atoms with Gasteiger partial charge in [0.2, 0.25) is 0 Å². The summed E-state index contributed by atoms with van der Waals surface area (Å²) in [7, 11) is 0. The number of aromatic nitrogens is 1. The van der Waals surface area contributed by atoms with Gasteiger partial charge in [-0.25, -0.2) is 0 Å². The van der Waals surface area contributed by atoms with Gasteiger partial charge in [0, 0.05) is 29.3 Å². The zero-order valence-electron chi connectivity index (χ0n) is 20.2. The normalized spacial score (nSPS) is 16.9. The third kappa shape index (κ3) is 11.6. The number of carbonyl (C=O) groups is 3. The molecule has 0 aliphatic carbocycles. The predicted octanol–water partition coefficient (Wildman–Crippen LogP) is 1.63. The van der Waals surface area contributed by atoms with E-state index in [1.165, 1.54) is 0 Å². The topological polar surface area (TPSA) is 187 Å². The Morgan fingerprint density at radius 2 is 1.86 bits per heavy atom. The lowest BCUT2D eigenvalue weighted by atomic mass is 10.1. The van der Waals surface area contributed by atoms with Crippen molar-refractivity contribution in [1.29, 1.82) is 0 Å².